The molecule has 2 rings (SSSR count). The Labute approximate surface area is 159 Å². The molecule has 0 N–H and O–H groups in total. The highest BCUT2D eigenvalue weighted by Crippen LogP contribution is 2.24. The number of benzene rings is 1. The molecule has 1 aliphatic heterocycles. The predicted octanol–water partition coefficient (Wildman–Crippen LogP) is 1.93. The van der Waals surface area contributed by atoms with Crippen molar-refractivity contribution in [1.29, 1.82) is 0 Å². The number of esters is 3. The fraction of sp³-hybridized carbons (Fsp3) is 0.550. The van der Waals surface area contributed by atoms with Gasteiger partial charge in [-0.25, -0.2) is 0 Å². The largest absolute Gasteiger partial charge is 0.465 e. The lowest BCUT2D eigenvalue weighted by Gasteiger charge is -2.27. The van der Waals surface area contributed by atoms with Gasteiger partial charge in [-0.2, -0.15) is 0 Å². The summed E-state index contributed by atoms with van der Waals surface area (Å²) >= 11 is 0. The Bertz CT molecular complexity index is 647. The smallest absolute Gasteiger partial charge is 0.302 e. The minimum absolute atomic E-state index is 0.144. The van der Waals surface area contributed by atoms with Crippen LogP contribution in [0.3, 0.4) is 0 Å². The second-order valence-corrected chi connectivity index (χ2v) is 6.86. The molecule has 0 saturated carbocycles. The maximum atomic E-state index is 11.6. The molecule has 1 aliphatic rings. The topological polar surface area (TPSA) is 82.1 Å². The van der Waals surface area contributed by atoms with Crippen molar-refractivity contribution in [3.05, 3.63) is 35.9 Å². The van der Waals surface area contributed by atoms with Gasteiger partial charge in [0.2, 0.25) is 0 Å². The molecule has 3 atom stereocenters. The van der Waals surface area contributed by atoms with Crippen LogP contribution in [0, 0.1) is 5.92 Å². The van der Waals surface area contributed by atoms with Crippen molar-refractivity contribution in [2.45, 2.75) is 45.9 Å². The van der Waals surface area contributed by atoms with Crippen LogP contribution in [0.25, 0.3) is 0 Å². The third-order valence-corrected chi connectivity index (χ3v) is 4.38. The normalized spacial score (nSPS) is 23.1. The maximum Gasteiger partial charge on any atom is 0.302 e. The van der Waals surface area contributed by atoms with Crippen molar-refractivity contribution in [3.8, 4) is 0 Å². The average Bonchev–Trinajstić information content (AvgIpc) is 2.72. The second kappa shape index (κ2) is 10.1. The van der Waals surface area contributed by atoms with E-state index in [-0.39, 0.29) is 24.5 Å². The van der Waals surface area contributed by atoms with Crippen molar-refractivity contribution >= 4 is 17.9 Å². The second-order valence-electron chi connectivity index (χ2n) is 6.86. The van der Waals surface area contributed by atoms with Crippen molar-refractivity contribution in [2.75, 3.05) is 19.7 Å². The van der Waals surface area contributed by atoms with Gasteiger partial charge in [0.25, 0.3) is 0 Å². The summed E-state index contributed by atoms with van der Waals surface area (Å²) in [6.45, 7) is 5.93. The fourth-order valence-electron chi connectivity index (χ4n) is 3.37. The van der Waals surface area contributed by atoms with Gasteiger partial charge in [-0.05, 0) is 5.56 Å². The van der Waals surface area contributed by atoms with Gasteiger partial charge >= 0.3 is 17.9 Å². The van der Waals surface area contributed by atoms with Gasteiger partial charge in [0.05, 0.1) is 6.61 Å². The number of hydrogen-bond acceptors (Lipinski definition) is 7. The molecule has 0 aromatic heterocycles. The molecule has 1 heterocycles. The molecule has 0 aliphatic carbocycles. The van der Waals surface area contributed by atoms with E-state index in [4.69, 9.17) is 14.2 Å². The number of nitrogens with zero attached hydrogens (tertiary/aromatic N) is 1. The molecule has 0 amide bonds. The molecule has 0 unspecified atom stereocenters. The van der Waals surface area contributed by atoms with E-state index in [0.717, 1.165) is 5.56 Å². The minimum Gasteiger partial charge on any atom is -0.465 e. The lowest BCUT2D eigenvalue weighted by molar-refractivity contribution is -0.155. The molecule has 1 saturated heterocycles. The molecule has 1 fully saturated rings. The Morgan fingerprint density at radius 1 is 0.963 bits per heavy atom. The van der Waals surface area contributed by atoms with Gasteiger partial charge in [0, 0.05) is 52.7 Å². The summed E-state index contributed by atoms with van der Waals surface area (Å²) < 4.78 is 16.1. The lowest BCUT2D eigenvalue weighted by atomic mass is 9.99. The SMILES string of the molecule is CC(=O)OC[C@H]1CN(Cc2ccccc2)C[C@@H](OC(C)=O)C[C@@H]1OC(C)=O. The Morgan fingerprint density at radius 3 is 2.22 bits per heavy atom. The van der Waals surface area contributed by atoms with E-state index < -0.39 is 18.2 Å². The van der Waals surface area contributed by atoms with E-state index in [9.17, 15) is 14.4 Å². The van der Waals surface area contributed by atoms with Crippen LogP contribution in [0.1, 0.15) is 32.8 Å². The number of likely N-dealkylation sites (tertiary alicyclic amines) is 1. The van der Waals surface area contributed by atoms with Crippen LogP contribution in [-0.4, -0.2) is 54.7 Å². The van der Waals surface area contributed by atoms with E-state index in [1.165, 1.54) is 20.8 Å². The number of hydrogen-bond donors (Lipinski definition) is 0. The average molecular weight is 377 g/mol. The Balaban J connectivity index is 2.20. The standard InChI is InChI=1S/C20H27NO6/c1-14(22)25-13-18-11-21(10-17-7-5-4-6-8-17)12-19(26-15(2)23)9-20(18)27-16(3)24/h4-8,18-20H,9-13H2,1-3H3/t18-,19+,20+/m1/s1. The summed E-state index contributed by atoms with van der Waals surface area (Å²) in [6.07, 6.45) is -0.527. The van der Waals surface area contributed by atoms with E-state index in [1.54, 1.807) is 0 Å². The summed E-state index contributed by atoms with van der Waals surface area (Å²) in [5.74, 6) is -1.38. The van der Waals surface area contributed by atoms with E-state index in [1.807, 2.05) is 30.3 Å². The van der Waals surface area contributed by atoms with E-state index >= 15 is 0 Å². The number of carbonyl (C=O) groups is 3. The monoisotopic (exact) mass is 377 g/mol. The first-order chi connectivity index (χ1) is 12.8. The first-order valence-corrected chi connectivity index (χ1v) is 9.07. The molecular weight excluding hydrogens is 350 g/mol. The molecule has 0 radical (unpaired) electrons. The summed E-state index contributed by atoms with van der Waals surface area (Å²) in [4.78, 5) is 36.5. The van der Waals surface area contributed by atoms with Crippen LogP contribution >= 0.6 is 0 Å². The highest BCUT2D eigenvalue weighted by molar-refractivity contribution is 5.67. The lowest BCUT2D eigenvalue weighted by Crippen LogP contribution is -2.37. The summed E-state index contributed by atoms with van der Waals surface area (Å²) in [5, 5.41) is 0. The van der Waals surface area contributed by atoms with Gasteiger partial charge in [0.1, 0.15) is 12.2 Å². The minimum atomic E-state index is -0.494. The number of carbonyl (C=O) groups excluding carboxylic acids is 3. The maximum absolute atomic E-state index is 11.6. The van der Waals surface area contributed by atoms with Gasteiger partial charge in [-0.15, -0.1) is 0 Å². The highest BCUT2D eigenvalue weighted by atomic mass is 16.6. The van der Waals surface area contributed by atoms with Crippen molar-refractivity contribution in [3.63, 3.8) is 0 Å². The van der Waals surface area contributed by atoms with Crippen LogP contribution in [0.15, 0.2) is 30.3 Å². The van der Waals surface area contributed by atoms with Crippen molar-refractivity contribution in [1.82, 2.24) is 4.90 Å². The molecule has 0 bridgehead atoms. The molecule has 27 heavy (non-hydrogen) atoms. The Morgan fingerprint density at radius 2 is 1.63 bits per heavy atom. The molecule has 7 nitrogen and oxygen atoms in total. The quantitative estimate of drug-likeness (QED) is 0.553. The van der Waals surface area contributed by atoms with Gasteiger partial charge in [-0.3, -0.25) is 19.3 Å². The predicted molar refractivity (Wildman–Crippen MR) is 97.6 cm³/mol. The third kappa shape index (κ3) is 7.38. The van der Waals surface area contributed by atoms with Crippen LogP contribution in [-0.2, 0) is 35.1 Å². The van der Waals surface area contributed by atoms with Gasteiger partial charge in [-0.1, -0.05) is 30.3 Å². The van der Waals surface area contributed by atoms with E-state index in [2.05, 4.69) is 4.90 Å². The van der Waals surface area contributed by atoms with Crippen LogP contribution < -0.4 is 0 Å². The first kappa shape index (κ1) is 20.9. The zero-order valence-electron chi connectivity index (χ0n) is 16.1. The molecule has 1 aromatic rings. The van der Waals surface area contributed by atoms with Gasteiger partial charge in [0.15, 0.2) is 0 Å². The van der Waals surface area contributed by atoms with Gasteiger partial charge < -0.3 is 14.2 Å². The Kier molecular flexibility index (Phi) is 7.79. The molecular formula is C20H27NO6. The zero-order chi connectivity index (χ0) is 19.8. The molecule has 0 spiro atoms. The zero-order valence-corrected chi connectivity index (χ0v) is 16.1. The van der Waals surface area contributed by atoms with Crippen molar-refractivity contribution < 1.29 is 28.6 Å². The van der Waals surface area contributed by atoms with Crippen LogP contribution in [0.5, 0.6) is 0 Å². The first-order valence-electron chi connectivity index (χ1n) is 9.07. The summed E-state index contributed by atoms with van der Waals surface area (Å²) in [5.41, 5.74) is 1.12. The Hall–Kier alpha value is -2.41. The highest BCUT2D eigenvalue weighted by Gasteiger charge is 2.35. The molecule has 1 aromatic carbocycles. The van der Waals surface area contributed by atoms with E-state index in [0.29, 0.717) is 26.1 Å². The fourth-order valence-corrected chi connectivity index (χ4v) is 3.37. The van der Waals surface area contributed by atoms with Crippen LogP contribution in [0.2, 0.25) is 0 Å². The molecule has 148 valence electrons. The van der Waals surface area contributed by atoms with Crippen molar-refractivity contribution in [2.24, 2.45) is 5.92 Å². The number of rotatable bonds is 6. The summed E-state index contributed by atoms with van der Waals surface area (Å²) in [7, 11) is 0. The summed E-state index contributed by atoms with van der Waals surface area (Å²) in [6, 6.07) is 9.93. The number of ether oxygens (including phenoxy) is 3. The molecule has 7 heteroatoms. The third-order valence-electron chi connectivity index (χ3n) is 4.38. The van der Waals surface area contributed by atoms with Crippen LogP contribution in [0.4, 0.5) is 0 Å².